The van der Waals surface area contributed by atoms with Crippen LogP contribution in [0.5, 0.6) is 0 Å². The van der Waals surface area contributed by atoms with Crippen molar-refractivity contribution >= 4 is 25.4 Å². The standard InChI is InChI=1S/C8H19BrO2Si/c1-3-10-8(11-4-2)12-7-5-6-9/h8H,3-7,12H2,1-2H3. The molecule has 0 aliphatic heterocycles. The van der Waals surface area contributed by atoms with Crippen LogP contribution < -0.4 is 0 Å². The quantitative estimate of drug-likeness (QED) is 0.284. The smallest absolute Gasteiger partial charge is 0.134 e. The Hall–Kier alpha value is 0.617. The predicted molar refractivity (Wildman–Crippen MR) is 58.8 cm³/mol. The van der Waals surface area contributed by atoms with Gasteiger partial charge in [0.1, 0.15) is 5.91 Å². The first-order valence-corrected chi connectivity index (χ1v) is 7.58. The summed E-state index contributed by atoms with van der Waals surface area (Å²) in [4.78, 5) is 0. The van der Waals surface area contributed by atoms with Crippen LogP contribution in [0.4, 0.5) is 0 Å². The fourth-order valence-corrected chi connectivity index (χ4v) is 3.80. The molecule has 0 saturated carbocycles. The third-order valence-corrected chi connectivity index (χ3v) is 3.94. The lowest BCUT2D eigenvalue weighted by molar-refractivity contribution is -0.0827. The zero-order valence-electron chi connectivity index (χ0n) is 8.01. The van der Waals surface area contributed by atoms with E-state index in [-0.39, 0.29) is 15.4 Å². The molecule has 0 unspecified atom stereocenters. The second-order valence-electron chi connectivity index (χ2n) is 2.53. The number of rotatable bonds is 8. The van der Waals surface area contributed by atoms with E-state index in [2.05, 4.69) is 15.9 Å². The third kappa shape index (κ3) is 7.28. The molecule has 2 nitrogen and oxygen atoms in total. The molecule has 0 N–H and O–H groups in total. The van der Waals surface area contributed by atoms with Gasteiger partial charge in [-0.1, -0.05) is 22.0 Å². The minimum atomic E-state index is -0.182. The van der Waals surface area contributed by atoms with Crippen molar-refractivity contribution in [1.29, 1.82) is 0 Å². The Morgan fingerprint density at radius 1 is 1.25 bits per heavy atom. The maximum Gasteiger partial charge on any atom is 0.134 e. The fraction of sp³-hybridized carbons (Fsp3) is 1.00. The molecule has 0 amide bonds. The first-order chi connectivity index (χ1) is 5.85. The largest absolute Gasteiger partial charge is 0.357 e. The molecule has 0 fully saturated rings. The van der Waals surface area contributed by atoms with Gasteiger partial charge in [0.05, 0.1) is 9.52 Å². The van der Waals surface area contributed by atoms with Crippen LogP contribution in [0.3, 0.4) is 0 Å². The van der Waals surface area contributed by atoms with E-state index in [0.717, 1.165) is 18.5 Å². The van der Waals surface area contributed by atoms with E-state index in [1.54, 1.807) is 0 Å². The lowest BCUT2D eigenvalue weighted by Crippen LogP contribution is -2.24. The van der Waals surface area contributed by atoms with Gasteiger partial charge in [0.2, 0.25) is 0 Å². The number of hydrogen-bond donors (Lipinski definition) is 0. The molecule has 12 heavy (non-hydrogen) atoms. The Morgan fingerprint density at radius 3 is 2.25 bits per heavy atom. The monoisotopic (exact) mass is 254 g/mol. The lowest BCUT2D eigenvalue weighted by atomic mass is 10.6. The summed E-state index contributed by atoms with van der Waals surface area (Å²) in [6, 6.07) is 1.30. The molecule has 0 heterocycles. The summed E-state index contributed by atoms with van der Waals surface area (Å²) in [5.41, 5.74) is 0. The molecular formula is C8H19BrO2Si. The van der Waals surface area contributed by atoms with Crippen LogP contribution >= 0.6 is 15.9 Å². The van der Waals surface area contributed by atoms with Crippen LogP contribution in [0, 0.1) is 0 Å². The van der Waals surface area contributed by atoms with E-state index < -0.39 is 0 Å². The molecule has 0 aliphatic rings. The van der Waals surface area contributed by atoms with E-state index in [9.17, 15) is 0 Å². The maximum atomic E-state index is 5.45. The molecule has 0 spiro atoms. The van der Waals surface area contributed by atoms with Crippen molar-refractivity contribution in [2.75, 3.05) is 18.5 Å². The average molecular weight is 255 g/mol. The molecule has 0 radical (unpaired) electrons. The zero-order chi connectivity index (χ0) is 9.23. The van der Waals surface area contributed by atoms with Gasteiger partial charge >= 0.3 is 0 Å². The maximum absolute atomic E-state index is 5.45. The summed E-state index contributed by atoms with van der Waals surface area (Å²) in [6.45, 7) is 5.58. The van der Waals surface area contributed by atoms with Crippen LogP contribution in [0.15, 0.2) is 0 Å². The summed E-state index contributed by atoms with van der Waals surface area (Å²) in [7, 11) is -0.182. The molecule has 4 heteroatoms. The van der Waals surface area contributed by atoms with Gasteiger partial charge in [0.25, 0.3) is 0 Å². The van der Waals surface area contributed by atoms with Crippen LogP contribution in [0.25, 0.3) is 0 Å². The molecule has 0 rings (SSSR count). The van der Waals surface area contributed by atoms with Gasteiger partial charge in [-0.15, -0.1) is 0 Å². The lowest BCUT2D eigenvalue weighted by Gasteiger charge is -2.15. The molecule has 0 saturated heterocycles. The van der Waals surface area contributed by atoms with Gasteiger partial charge in [0.15, 0.2) is 0 Å². The van der Waals surface area contributed by atoms with Crippen molar-refractivity contribution in [1.82, 2.24) is 0 Å². The Morgan fingerprint density at radius 2 is 1.83 bits per heavy atom. The van der Waals surface area contributed by atoms with E-state index in [4.69, 9.17) is 9.47 Å². The highest BCUT2D eigenvalue weighted by atomic mass is 79.9. The summed E-state index contributed by atoms with van der Waals surface area (Å²) < 4.78 is 10.9. The third-order valence-electron chi connectivity index (χ3n) is 1.53. The summed E-state index contributed by atoms with van der Waals surface area (Å²) in [6.07, 6.45) is 1.25. The minimum Gasteiger partial charge on any atom is -0.357 e. The Kier molecular flexibility index (Phi) is 10.2. The molecule has 74 valence electrons. The molecule has 0 bridgehead atoms. The second kappa shape index (κ2) is 9.70. The Bertz CT molecular complexity index is 87.1. The first kappa shape index (κ1) is 12.6. The SMILES string of the molecule is CCOC(OCC)[SiH2]CCCBr. The van der Waals surface area contributed by atoms with Crippen LogP contribution in [-0.4, -0.2) is 34.0 Å². The highest BCUT2D eigenvalue weighted by Crippen LogP contribution is 2.00. The van der Waals surface area contributed by atoms with Gasteiger partial charge in [-0.3, -0.25) is 0 Å². The van der Waals surface area contributed by atoms with Crippen molar-refractivity contribution in [2.24, 2.45) is 0 Å². The molecule has 0 aliphatic carbocycles. The summed E-state index contributed by atoms with van der Waals surface area (Å²) in [5, 5.41) is 1.10. The van der Waals surface area contributed by atoms with Gasteiger partial charge in [-0.25, -0.2) is 0 Å². The topological polar surface area (TPSA) is 18.5 Å². The van der Waals surface area contributed by atoms with E-state index in [1.165, 1.54) is 12.5 Å². The normalized spacial score (nSPS) is 12.0. The average Bonchev–Trinajstić information content (AvgIpc) is 2.06. The Balaban J connectivity index is 3.34. The highest BCUT2D eigenvalue weighted by Gasteiger charge is 2.06. The Labute approximate surface area is 86.0 Å². The summed E-state index contributed by atoms with van der Waals surface area (Å²) >= 11 is 3.42. The molecule has 0 aromatic carbocycles. The van der Waals surface area contributed by atoms with Crippen LogP contribution in [0.1, 0.15) is 20.3 Å². The minimum absolute atomic E-state index is 0.152. The highest BCUT2D eigenvalue weighted by molar-refractivity contribution is 9.09. The van der Waals surface area contributed by atoms with Crippen LogP contribution in [-0.2, 0) is 9.47 Å². The molecule has 0 atom stereocenters. The number of halogens is 1. The number of alkyl halides is 1. The molecular weight excluding hydrogens is 236 g/mol. The fourth-order valence-electron chi connectivity index (χ4n) is 0.992. The first-order valence-electron chi connectivity index (χ1n) is 4.64. The number of hydrogen-bond acceptors (Lipinski definition) is 2. The van der Waals surface area contributed by atoms with Crippen molar-refractivity contribution in [3.63, 3.8) is 0 Å². The van der Waals surface area contributed by atoms with Gasteiger partial charge in [-0.05, 0) is 20.3 Å². The van der Waals surface area contributed by atoms with E-state index in [1.807, 2.05) is 13.8 Å². The van der Waals surface area contributed by atoms with Gasteiger partial charge < -0.3 is 9.47 Å². The summed E-state index contributed by atoms with van der Waals surface area (Å²) in [5.74, 6) is 0.152. The van der Waals surface area contributed by atoms with E-state index >= 15 is 0 Å². The number of ether oxygens (including phenoxy) is 2. The zero-order valence-corrected chi connectivity index (χ0v) is 11.0. The molecule has 0 aromatic heterocycles. The van der Waals surface area contributed by atoms with Crippen molar-refractivity contribution in [3.8, 4) is 0 Å². The predicted octanol–water partition coefficient (Wildman–Crippen LogP) is 1.72. The second-order valence-corrected chi connectivity index (χ2v) is 5.27. The van der Waals surface area contributed by atoms with Gasteiger partial charge in [0, 0.05) is 18.5 Å². The van der Waals surface area contributed by atoms with Crippen LogP contribution in [0.2, 0.25) is 6.04 Å². The van der Waals surface area contributed by atoms with Crippen molar-refractivity contribution < 1.29 is 9.47 Å². The van der Waals surface area contributed by atoms with Gasteiger partial charge in [-0.2, -0.15) is 0 Å². The molecule has 0 aromatic rings. The van der Waals surface area contributed by atoms with E-state index in [0.29, 0.717) is 0 Å². The van der Waals surface area contributed by atoms with Crippen molar-refractivity contribution in [3.05, 3.63) is 0 Å². The van der Waals surface area contributed by atoms with Crippen molar-refractivity contribution in [2.45, 2.75) is 32.2 Å².